The van der Waals surface area contributed by atoms with Gasteiger partial charge in [-0.3, -0.25) is 0 Å². The zero-order chi connectivity index (χ0) is 10.6. The van der Waals surface area contributed by atoms with Crippen LogP contribution in [0.3, 0.4) is 0 Å². The number of nitrogens with two attached hydrogens (primary N) is 1. The molecule has 0 saturated heterocycles. The Kier molecular flexibility index (Phi) is 6.00. The average Bonchev–Trinajstić information content (AvgIpc) is 2.17. The maximum absolute atomic E-state index is 8.73. The molecule has 0 fully saturated rings. The molecule has 15 heavy (non-hydrogen) atoms. The van der Waals surface area contributed by atoms with E-state index in [4.69, 9.17) is 11.0 Å². The molecule has 0 bridgehead atoms. The van der Waals surface area contributed by atoms with Gasteiger partial charge in [0.1, 0.15) is 0 Å². The van der Waals surface area contributed by atoms with Crippen molar-refractivity contribution in [3.05, 3.63) is 35.4 Å². The second-order valence-electron chi connectivity index (χ2n) is 3.97. The second kappa shape index (κ2) is 6.44. The van der Waals surface area contributed by atoms with Gasteiger partial charge in [0, 0.05) is 6.04 Å². The van der Waals surface area contributed by atoms with Crippen LogP contribution in [0, 0.1) is 17.2 Å². The van der Waals surface area contributed by atoms with E-state index in [9.17, 15) is 0 Å². The summed E-state index contributed by atoms with van der Waals surface area (Å²) in [6, 6.07) is 9.69. The zero-order valence-electron chi connectivity index (χ0n) is 9.10. The van der Waals surface area contributed by atoms with Gasteiger partial charge in [0.15, 0.2) is 0 Å². The average molecular weight is 225 g/mol. The lowest BCUT2D eigenvalue weighted by atomic mass is 9.97. The molecule has 0 aliphatic rings. The van der Waals surface area contributed by atoms with E-state index < -0.39 is 0 Å². The van der Waals surface area contributed by atoms with Crippen molar-refractivity contribution in [1.82, 2.24) is 0 Å². The first kappa shape index (κ1) is 14.0. The Morgan fingerprint density at radius 1 is 1.40 bits per heavy atom. The number of nitrogens with zero attached hydrogens (tertiary/aromatic N) is 1. The summed E-state index contributed by atoms with van der Waals surface area (Å²) in [6.07, 6.45) is 0.953. The predicted molar refractivity (Wildman–Crippen MR) is 64.8 cm³/mol. The maximum atomic E-state index is 8.73. The highest BCUT2D eigenvalue weighted by Crippen LogP contribution is 2.19. The third kappa shape index (κ3) is 4.33. The maximum Gasteiger partial charge on any atom is 0.0991 e. The van der Waals surface area contributed by atoms with Gasteiger partial charge in [0.05, 0.1) is 11.6 Å². The molecule has 0 aliphatic heterocycles. The highest BCUT2D eigenvalue weighted by atomic mass is 35.5. The van der Waals surface area contributed by atoms with E-state index in [1.807, 2.05) is 18.2 Å². The van der Waals surface area contributed by atoms with Crippen LogP contribution in [-0.4, -0.2) is 0 Å². The van der Waals surface area contributed by atoms with Gasteiger partial charge in [0.2, 0.25) is 0 Å². The largest absolute Gasteiger partial charge is 0.324 e. The van der Waals surface area contributed by atoms with E-state index in [1.165, 1.54) is 0 Å². The van der Waals surface area contributed by atoms with Crippen molar-refractivity contribution in [2.45, 2.75) is 26.3 Å². The van der Waals surface area contributed by atoms with Crippen LogP contribution in [-0.2, 0) is 0 Å². The van der Waals surface area contributed by atoms with Gasteiger partial charge in [0.25, 0.3) is 0 Å². The standard InChI is InChI=1S/C12H16N2.ClH/c1-9(2)6-12(14)11-5-3-4-10(7-11)8-13;/h3-5,7,9,12H,6,14H2,1-2H3;1H/t12-;/m1./s1. The molecule has 1 atom stereocenters. The summed E-state index contributed by atoms with van der Waals surface area (Å²) in [5.41, 5.74) is 7.75. The monoisotopic (exact) mass is 224 g/mol. The van der Waals surface area contributed by atoms with Gasteiger partial charge in [-0.05, 0) is 30.0 Å². The van der Waals surface area contributed by atoms with Gasteiger partial charge in [-0.1, -0.05) is 26.0 Å². The summed E-state index contributed by atoms with van der Waals surface area (Å²) < 4.78 is 0. The smallest absolute Gasteiger partial charge is 0.0991 e. The van der Waals surface area contributed by atoms with Gasteiger partial charge < -0.3 is 5.73 Å². The molecule has 1 rings (SSSR count). The highest BCUT2D eigenvalue weighted by molar-refractivity contribution is 5.85. The third-order valence-electron chi connectivity index (χ3n) is 2.17. The molecule has 3 heteroatoms. The lowest BCUT2D eigenvalue weighted by Crippen LogP contribution is -2.12. The van der Waals surface area contributed by atoms with Crippen LogP contribution in [0.2, 0.25) is 0 Å². The Hall–Kier alpha value is -1.04. The molecule has 2 N–H and O–H groups in total. The van der Waals surface area contributed by atoms with Crippen LogP contribution >= 0.6 is 12.4 Å². The number of hydrogen-bond acceptors (Lipinski definition) is 2. The first-order chi connectivity index (χ1) is 6.63. The number of hydrogen-bond donors (Lipinski definition) is 1. The second-order valence-corrected chi connectivity index (χ2v) is 3.97. The minimum Gasteiger partial charge on any atom is -0.324 e. The van der Waals surface area contributed by atoms with E-state index >= 15 is 0 Å². The van der Waals surface area contributed by atoms with Crippen LogP contribution in [0.1, 0.15) is 37.4 Å². The van der Waals surface area contributed by atoms with E-state index in [-0.39, 0.29) is 18.4 Å². The molecule has 0 aromatic heterocycles. The Morgan fingerprint density at radius 3 is 2.60 bits per heavy atom. The normalized spacial score (nSPS) is 11.7. The van der Waals surface area contributed by atoms with Crippen molar-refractivity contribution in [2.24, 2.45) is 11.7 Å². The summed E-state index contributed by atoms with van der Waals surface area (Å²) in [7, 11) is 0. The summed E-state index contributed by atoms with van der Waals surface area (Å²) in [5, 5.41) is 8.73. The number of rotatable bonds is 3. The zero-order valence-corrected chi connectivity index (χ0v) is 9.92. The SMILES string of the molecule is CC(C)C[C@@H](N)c1cccc(C#N)c1.Cl. The van der Waals surface area contributed by atoms with Crippen molar-refractivity contribution >= 4 is 12.4 Å². The number of nitriles is 1. The molecule has 0 amide bonds. The highest BCUT2D eigenvalue weighted by Gasteiger charge is 2.08. The van der Waals surface area contributed by atoms with Crippen molar-refractivity contribution in [1.29, 1.82) is 5.26 Å². The van der Waals surface area contributed by atoms with Crippen molar-refractivity contribution in [3.8, 4) is 6.07 Å². The fraction of sp³-hybridized carbons (Fsp3) is 0.417. The topological polar surface area (TPSA) is 49.8 Å². The first-order valence-corrected chi connectivity index (χ1v) is 4.89. The molecular weight excluding hydrogens is 208 g/mol. The van der Waals surface area contributed by atoms with Gasteiger partial charge >= 0.3 is 0 Å². The lowest BCUT2D eigenvalue weighted by Gasteiger charge is -2.14. The summed E-state index contributed by atoms with van der Waals surface area (Å²) >= 11 is 0. The molecule has 0 saturated carbocycles. The van der Waals surface area contributed by atoms with Crippen molar-refractivity contribution in [2.75, 3.05) is 0 Å². The van der Waals surface area contributed by atoms with Gasteiger partial charge in [-0.25, -0.2) is 0 Å². The predicted octanol–water partition coefficient (Wildman–Crippen LogP) is 3.03. The number of benzene rings is 1. The molecule has 2 nitrogen and oxygen atoms in total. The number of halogens is 1. The molecule has 0 radical (unpaired) electrons. The molecular formula is C12H17ClN2. The lowest BCUT2D eigenvalue weighted by molar-refractivity contribution is 0.510. The van der Waals surface area contributed by atoms with E-state index in [0.29, 0.717) is 11.5 Å². The Labute approximate surface area is 97.5 Å². The molecule has 1 aromatic carbocycles. The summed E-state index contributed by atoms with van der Waals surface area (Å²) in [6.45, 7) is 4.29. The van der Waals surface area contributed by atoms with Crippen LogP contribution in [0.15, 0.2) is 24.3 Å². The Balaban J connectivity index is 0.00000196. The first-order valence-electron chi connectivity index (χ1n) is 4.89. The van der Waals surface area contributed by atoms with E-state index in [1.54, 1.807) is 6.07 Å². The molecule has 0 spiro atoms. The molecule has 0 aliphatic carbocycles. The molecule has 0 unspecified atom stereocenters. The van der Waals surface area contributed by atoms with Gasteiger partial charge in [-0.15, -0.1) is 12.4 Å². The fourth-order valence-electron chi connectivity index (χ4n) is 1.48. The third-order valence-corrected chi connectivity index (χ3v) is 2.17. The minimum atomic E-state index is 0. The van der Waals surface area contributed by atoms with Crippen LogP contribution in [0.4, 0.5) is 0 Å². The quantitative estimate of drug-likeness (QED) is 0.858. The van der Waals surface area contributed by atoms with Crippen molar-refractivity contribution < 1.29 is 0 Å². The van der Waals surface area contributed by atoms with Crippen molar-refractivity contribution in [3.63, 3.8) is 0 Å². The molecule has 82 valence electrons. The van der Waals surface area contributed by atoms with E-state index in [2.05, 4.69) is 19.9 Å². The van der Waals surface area contributed by atoms with E-state index in [0.717, 1.165) is 12.0 Å². The minimum absolute atomic E-state index is 0. The van der Waals surface area contributed by atoms with Crippen LogP contribution in [0.5, 0.6) is 0 Å². The summed E-state index contributed by atoms with van der Waals surface area (Å²) in [5.74, 6) is 0.579. The molecule has 0 heterocycles. The van der Waals surface area contributed by atoms with Crippen LogP contribution in [0.25, 0.3) is 0 Å². The summed E-state index contributed by atoms with van der Waals surface area (Å²) in [4.78, 5) is 0. The molecule has 1 aromatic rings. The fourth-order valence-corrected chi connectivity index (χ4v) is 1.48. The van der Waals surface area contributed by atoms with Crippen LogP contribution < -0.4 is 5.73 Å². The Bertz CT molecular complexity index is 342. The Morgan fingerprint density at radius 2 is 2.07 bits per heavy atom. The van der Waals surface area contributed by atoms with Gasteiger partial charge in [-0.2, -0.15) is 5.26 Å².